The van der Waals surface area contributed by atoms with Crippen molar-refractivity contribution in [1.29, 1.82) is 0 Å². The van der Waals surface area contributed by atoms with Crippen molar-refractivity contribution >= 4 is 23.1 Å². The van der Waals surface area contributed by atoms with Gasteiger partial charge in [0.05, 0.1) is 16.5 Å². The van der Waals surface area contributed by atoms with E-state index in [-0.39, 0.29) is 10.8 Å². The SMILES string of the molecule is O=[N+]([O-])c1cc(Cl)cnc1NCC(F)F. The monoisotopic (exact) mass is 237 g/mol. The predicted octanol–water partition coefficient (Wildman–Crippen LogP) is 2.32. The zero-order valence-corrected chi connectivity index (χ0v) is 8.04. The minimum Gasteiger partial charge on any atom is -0.359 e. The number of alkyl halides is 2. The van der Waals surface area contributed by atoms with E-state index in [0.717, 1.165) is 12.3 Å². The fourth-order valence-corrected chi connectivity index (χ4v) is 1.03. The number of nitrogens with one attached hydrogen (secondary N) is 1. The molecule has 1 aromatic rings. The van der Waals surface area contributed by atoms with Crippen LogP contribution in [0.4, 0.5) is 20.3 Å². The largest absolute Gasteiger partial charge is 0.359 e. The molecule has 0 amide bonds. The number of halogens is 3. The van der Waals surface area contributed by atoms with Crippen molar-refractivity contribution in [3.63, 3.8) is 0 Å². The third-order valence-corrected chi connectivity index (χ3v) is 1.66. The molecule has 0 radical (unpaired) electrons. The molecule has 82 valence electrons. The van der Waals surface area contributed by atoms with Gasteiger partial charge in [0.25, 0.3) is 6.43 Å². The van der Waals surface area contributed by atoms with Gasteiger partial charge in [-0.25, -0.2) is 13.8 Å². The van der Waals surface area contributed by atoms with Crippen molar-refractivity contribution in [2.24, 2.45) is 0 Å². The van der Waals surface area contributed by atoms with E-state index >= 15 is 0 Å². The van der Waals surface area contributed by atoms with Gasteiger partial charge in [-0.2, -0.15) is 0 Å². The number of nitro groups is 1. The number of aromatic nitrogens is 1. The molecule has 0 saturated heterocycles. The summed E-state index contributed by atoms with van der Waals surface area (Å²) in [6.45, 7) is -0.699. The van der Waals surface area contributed by atoms with Gasteiger partial charge in [-0.15, -0.1) is 0 Å². The van der Waals surface area contributed by atoms with E-state index in [9.17, 15) is 18.9 Å². The number of nitrogens with zero attached hydrogens (tertiary/aromatic N) is 2. The molecule has 0 fully saturated rings. The topological polar surface area (TPSA) is 68.1 Å². The molecule has 8 heteroatoms. The van der Waals surface area contributed by atoms with Crippen molar-refractivity contribution in [2.75, 3.05) is 11.9 Å². The Hall–Kier alpha value is -1.50. The van der Waals surface area contributed by atoms with Crippen LogP contribution in [0.2, 0.25) is 5.02 Å². The van der Waals surface area contributed by atoms with Crippen molar-refractivity contribution in [2.45, 2.75) is 6.43 Å². The molecule has 1 N–H and O–H groups in total. The third-order valence-electron chi connectivity index (χ3n) is 1.45. The zero-order valence-electron chi connectivity index (χ0n) is 7.28. The first-order chi connectivity index (χ1) is 7.00. The zero-order chi connectivity index (χ0) is 11.4. The molecule has 0 aliphatic rings. The maximum atomic E-state index is 11.8. The quantitative estimate of drug-likeness (QED) is 0.645. The molecule has 0 atom stereocenters. The number of pyridine rings is 1. The molecule has 5 nitrogen and oxygen atoms in total. The molecule has 0 bridgehead atoms. The summed E-state index contributed by atoms with van der Waals surface area (Å²) >= 11 is 5.48. The van der Waals surface area contributed by atoms with Crippen LogP contribution in [0.1, 0.15) is 0 Å². The van der Waals surface area contributed by atoms with Gasteiger partial charge >= 0.3 is 5.69 Å². The van der Waals surface area contributed by atoms with E-state index in [2.05, 4.69) is 10.3 Å². The van der Waals surface area contributed by atoms with Crippen molar-refractivity contribution in [1.82, 2.24) is 4.98 Å². The molecule has 0 aliphatic heterocycles. The van der Waals surface area contributed by atoms with Gasteiger partial charge < -0.3 is 5.32 Å². The lowest BCUT2D eigenvalue weighted by atomic mass is 10.4. The Morgan fingerprint density at radius 3 is 2.87 bits per heavy atom. The van der Waals surface area contributed by atoms with E-state index < -0.39 is 23.6 Å². The molecule has 15 heavy (non-hydrogen) atoms. The van der Waals surface area contributed by atoms with Gasteiger partial charge in [-0.05, 0) is 0 Å². The van der Waals surface area contributed by atoms with Crippen molar-refractivity contribution in [3.05, 3.63) is 27.4 Å². The molecule has 0 aromatic carbocycles. The first kappa shape index (κ1) is 11.6. The molecule has 1 rings (SSSR count). The van der Waals surface area contributed by atoms with Crippen LogP contribution in [0.15, 0.2) is 12.3 Å². The Morgan fingerprint density at radius 2 is 2.33 bits per heavy atom. The van der Waals surface area contributed by atoms with E-state index in [1.807, 2.05) is 0 Å². The maximum absolute atomic E-state index is 11.8. The number of hydrogen-bond acceptors (Lipinski definition) is 4. The number of hydrogen-bond donors (Lipinski definition) is 1. The van der Waals surface area contributed by atoms with Crippen LogP contribution >= 0.6 is 11.6 Å². The summed E-state index contributed by atoms with van der Waals surface area (Å²) < 4.78 is 23.7. The summed E-state index contributed by atoms with van der Waals surface area (Å²) in [5.74, 6) is -0.218. The molecule has 0 aliphatic carbocycles. The second kappa shape index (κ2) is 4.83. The van der Waals surface area contributed by atoms with Crippen LogP contribution in [0.5, 0.6) is 0 Å². The Balaban J connectivity index is 2.91. The molecular weight excluding hydrogens is 232 g/mol. The highest BCUT2D eigenvalue weighted by Crippen LogP contribution is 2.24. The van der Waals surface area contributed by atoms with Crippen LogP contribution in [-0.4, -0.2) is 22.9 Å². The van der Waals surface area contributed by atoms with Gasteiger partial charge in [-0.3, -0.25) is 10.1 Å². The van der Waals surface area contributed by atoms with E-state index in [1.54, 1.807) is 0 Å². The highest BCUT2D eigenvalue weighted by molar-refractivity contribution is 6.30. The Kier molecular flexibility index (Phi) is 3.73. The van der Waals surface area contributed by atoms with Crippen LogP contribution in [0.3, 0.4) is 0 Å². The average molecular weight is 238 g/mol. The Labute approximate surface area is 88.2 Å². The van der Waals surface area contributed by atoms with Gasteiger partial charge in [0.15, 0.2) is 0 Å². The fourth-order valence-electron chi connectivity index (χ4n) is 0.878. The smallest absolute Gasteiger partial charge is 0.312 e. The van der Waals surface area contributed by atoms with Gasteiger partial charge in [0.1, 0.15) is 0 Å². The molecule has 0 spiro atoms. The van der Waals surface area contributed by atoms with Gasteiger partial charge in [-0.1, -0.05) is 11.6 Å². The molecule has 1 heterocycles. The normalized spacial score (nSPS) is 10.4. The number of rotatable bonds is 4. The fraction of sp³-hybridized carbons (Fsp3) is 0.286. The lowest BCUT2D eigenvalue weighted by Crippen LogP contribution is -2.12. The van der Waals surface area contributed by atoms with E-state index in [0.29, 0.717) is 0 Å². The third kappa shape index (κ3) is 3.28. The van der Waals surface area contributed by atoms with Crippen LogP contribution in [-0.2, 0) is 0 Å². The van der Waals surface area contributed by atoms with Crippen LogP contribution in [0, 0.1) is 10.1 Å². The van der Waals surface area contributed by atoms with Crippen LogP contribution in [0.25, 0.3) is 0 Å². The first-order valence-electron chi connectivity index (χ1n) is 3.82. The van der Waals surface area contributed by atoms with Crippen LogP contribution < -0.4 is 5.32 Å². The second-order valence-electron chi connectivity index (χ2n) is 2.55. The average Bonchev–Trinajstić information content (AvgIpc) is 2.15. The van der Waals surface area contributed by atoms with Gasteiger partial charge in [0, 0.05) is 12.3 Å². The van der Waals surface area contributed by atoms with Crippen molar-refractivity contribution in [3.8, 4) is 0 Å². The summed E-state index contributed by atoms with van der Waals surface area (Å²) in [7, 11) is 0. The van der Waals surface area contributed by atoms with E-state index in [1.165, 1.54) is 0 Å². The van der Waals surface area contributed by atoms with E-state index in [4.69, 9.17) is 11.6 Å². The first-order valence-corrected chi connectivity index (χ1v) is 4.20. The van der Waals surface area contributed by atoms with Crippen molar-refractivity contribution < 1.29 is 13.7 Å². The lowest BCUT2D eigenvalue weighted by Gasteiger charge is -2.04. The highest BCUT2D eigenvalue weighted by atomic mass is 35.5. The minimum atomic E-state index is -2.61. The summed E-state index contributed by atoms with van der Waals surface area (Å²) in [6, 6.07) is 1.04. The molecule has 1 aromatic heterocycles. The summed E-state index contributed by atoms with van der Waals surface area (Å²) in [6.07, 6.45) is -1.47. The summed E-state index contributed by atoms with van der Waals surface area (Å²) in [5.41, 5.74) is -0.428. The second-order valence-corrected chi connectivity index (χ2v) is 2.99. The lowest BCUT2D eigenvalue weighted by molar-refractivity contribution is -0.384. The molecule has 0 unspecified atom stereocenters. The summed E-state index contributed by atoms with van der Waals surface area (Å²) in [5, 5.41) is 12.7. The molecule has 0 saturated carbocycles. The maximum Gasteiger partial charge on any atom is 0.312 e. The predicted molar refractivity (Wildman–Crippen MR) is 50.4 cm³/mol. The highest BCUT2D eigenvalue weighted by Gasteiger charge is 2.16. The summed E-state index contributed by atoms with van der Waals surface area (Å²) in [4.78, 5) is 13.3. The molecular formula is C7H6ClF2N3O2. The standard InChI is InChI=1S/C7H6ClF2N3O2/c8-4-1-5(13(14)15)7(11-2-4)12-3-6(9)10/h1-2,6H,3H2,(H,11,12). The Morgan fingerprint density at radius 1 is 1.67 bits per heavy atom. The van der Waals surface area contributed by atoms with Gasteiger partial charge in [0.2, 0.25) is 5.82 Å². The number of anilines is 1. The Bertz CT molecular complexity index is 375. The minimum absolute atomic E-state index is 0.0734.